The van der Waals surface area contributed by atoms with Crippen LogP contribution < -0.4 is 19.7 Å². The highest BCUT2D eigenvalue weighted by atomic mass is 79.9. The number of ketones is 1. The predicted molar refractivity (Wildman–Crippen MR) is 176 cm³/mol. The molecule has 0 radical (unpaired) electrons. The zero-order valence-corrected chi connectivity index (χ0v) is 28.5. The number of carbonyl (C=O) groups excluding carboxylic acids is 2. The molecular formula is C32H46BrN5O6. The number of amides is 1. The minimum Gasteiger partial charge on any atom is -0.491 e. The number of anilines is 1. The zero-order chi connectivity index (χ0) is 31.9. The Balaban J connectivity index is 0.00000675. The molecule has 3 N–H and O–H groups in total. The average Bonchev–Trinajstić information content (AvgIpc) is 3.25. The molecule has 0 unspecified atom stereocenters. The fourth-order valence-electron chi connectivity index (χ4n) is 5.07. The van der Waals surface area contributed by atoms with Crippen molar-refractivity contribution in [1.82, 2.24) is 15.2 Å². The Hall–Kier alpha value is -3.67. The van der Waals surface area contributed by atoms with Crippen molar-refractivity contribution in [3.8, 4) is 11.5 Å². The molecule has 1 aliphatic rings. The molecule has 12 heteroatoms. The molecule has 1 aromatic carbocycles. The van der Waals surface area contributed by atoms with E-state index in [4.69, 9.17) is 20.0 Å². The fraction of sp³-hybridized carbons (Fsp3) is 0.531. The molecule has 1 amide bonds. The number of aromatic nitrogens is 1. The number of ether oxygens (including phenoxy) is 2. The lowest BCUT2D eigenvalue weighted by atomic mass is 9.84. The van der Waals surface area contributed by atoms with Crippen LogP contribution >= 0.6 is 17.0 Å². The van der Waals surface area contributed by atoms with Crippen LogP contribution in [0.25, 0.3) is 0 Å². The average molecular weight is 677 g/mol. The maximum atomic E-state index is 13.8. The normalized spacial score (nSPS) is 12.3. The maximum Gasteiger partial charge on any atom is 0.303 e. The van der Waals surface area contributed by atoms with Crippen LogP contribution in [0.1, 0.15) is 98.5 Å². The number of benzene rings is 1. The number of pyridine rings is 1. The van der Waals surface area contributed by atoms with Crippen LogP contribution in [-0.4, -0.2) is 78.4 Å². The Morgan fingerprint density at radius 1 is 1.09 bits per heavy atom. The van der Waals surface area contributed by atoms with Gasteiger partial charge in [0.15, 0.2) is 17.2 Å². The highest BCUT2D eigenvalue weighted by Crippen LogP contribution is 2.41. The summed E-state index contributed by atoms with van der Waals surface area (Å²) < 4.78 is 12.0. The van der Waals surface area contributed by atoms with E-state index in [9.17, 15) is 14.4 Å². The summed E-state index contributed by atoms with van der Waals surface area (Å²) in [6, 6.07) is 5.47. The smallest absolute Gasteiger partial charge is 0.303 e. The van der Waals surface area contributed by atoms with Gasteiger partial charge in [0, 0.05) is 49.8 Å². The number of hydrogen-bond donors (Lipinski definition) is 3. The van der Waals surface area contributed by atoms with Gasteiger partial charge in [-0.05, 0) is 57.2 Å². The minimum atomic E-state index is -0.825. The van der Waals surface area contributed by atoms with Crippen LogP contribution in [0.3, 0.4) is 0 Å². The second kappa shape index (κ2) is 15.9. The van der Waals surface area contributed by atoms with Crippen LogP contribution in [0.15, 0.2) is 18.2 Å². The van der Waals surface area contributed by atoms with Crippen LogP contribution in [0.2, 0.25) is 0 Å². The van der Waals surface area contributed by atoms with Crippen molar-refractivity contribution < 1.29 is 29.0 Å². The van der Waals surface area contributed by atoms with Crippen molar-refractivity contribution in [1.29, 1.82) is 5.41 Å². The molecule has 3 rings (SSSR count). The van der Waals surface area contributed by atoms with Crippen molar-refractivity contribution in [3.63, 3.8) is 0 Å². The number of fused-ring (bicyclic) bond motifs is 1. The molecule has 2 aromatic rings. The van der Waals surface area contributed by atoms with Crippen molar-refractivity contribution >= 4 is 46.2 Å². The molecule has 2 heterocycles. The standard InChI is InChI=1S/C32H45N5O6.BrH/c1-8-36(9-2)23-16-20(15-22(32(4,5)6)29(23)43-14-12-11-13-26(39)40)24(38)19-37-18-21-17-25(42-10-3)28(31(41)34-7)35-27(21)30(37)33;/h15-17,33H,8-14,18-19H2,1-7H3,(H,34,41)(H,39,40);1H. The number of Topliss-reactive ketones (excluding diaryl/α,β-unsaturated/α-hetero) is 1. The van der Waals surface area contributed by atoms with Gasteiger partial charge in [-0.1, -0.05) is 20.8 Å². The number of halogens is 1. The first-order valence-electron chi connectivity index (χ1n) is 14.9. The van der Waals surface area contributed by atoms with Gasteiger partial charge in [0.05, 0.1) is 25.4 Å². The summed E-state index contributed by atoms with van der Waals surface area (Å²) in [5.74, 6) is -0.249. The van der Waals surface area contributed by atoms with Crippen molar-refractivity contribution in [2.75, 3.05) is 44.8 Å². The number of nitrogens with zero attached hydrogens (tertiary/aromatic N) is 3. The van der Waals surface area contributed by atoms with Gasteiger partial charge in [-0.3, -0.25) is 19.8 Å². The van der Waals surface area contributed by atoms with E-state index in [1.807, 2.05) is 32.9 Å². The molecule has 44 heavy (non-hydrogen) atoms. The Morgan fingerprint density at radius 3 is 2.34 bits per heavy atom. The number of nitrogens with one attached hydrogen (secondary N) is 2. The molecule has 242 valence electrons. The second-order valence-corrected chi connectivity index (χ2v) is 11.5. The first-order valence-corrected chi connectivity index (χ1v) is 14.9. The summed E-state index contributed by atoms with van der Waals surface area (Å²) in [6.45, 7) is 14.5. The second-order valence-electron chi connectivity index (χ2n) is 11.5. The van der Waals surface area contributed by atoms with Gasteiger partial charge < -0.3 is 29.7 Å². The van der Waals surface area contributed by atoms with Crippen molar-refractivity contribution in [2.24, 2.45) is 0 Å². The number of rotatable bonds is 15. The minimum absolute atomic E-state index is 0. The van der Waals surface area contributed by atoms with Crippen LogP contribution in [-0.2, 0) is 16.8 Å². The van der Waals surface area contributed by atoms with E-state index in [2.05, 4.69) is 36.0 Å². The third kappa shape index (κ3) is 8.49. The van der Waals surface area contributed by atoms with Gasteiger partial charge in [-0.25, -0.2) is 4.98 Å². The molecule has 0 fully saturated rings. The van der Waals surface area contributed by atoms with Gasteiger partial charge in [-0.15, -0.1) is 17.0 Å². The lowest BCUT2D eigenvalue weighted by molar-refractivity contribution is -0.137. The molecule has 0 bridgehead atoms. The molecule has 11 nitrogen and oxygen atoms in total. The third-order valence-corrected chi connectivity index (χ3v) is 7.38. The highest BCUT2D eigenvalue weighted by Gasteiger charge is 2.32. The summed E-state index contributed by atoms with van der Waals surface area (Å²) in [6.07, 6.45) is 1.22. The largest absolute Gasteiger partial charge is 0.491 e. The van der Waals surface area contributed by atoms with Crippen molar-refractivity contribution in [3.05, 3.63) is 46.3 Å². The summed E-state index contributed by atoms with van der Waals surface area (Å²) in [5.41, 5.74) is 3.07. The van der Waals surface area contributed by atoms with E-state index in [0.29, 0.717) is 68.4 Å². The van der Waals surface area contributed by atoms with E-state index in [-0.39, 0.29) is 52.7 Å². The number of amidine groups is 1. The number of hydrogen-bond acceptors (Lipinski definition) is 8. The number of carboxylic acids is 1. The molecule has 1 aliphatic heterocycles. The van der Waals surface area contributed by atoms with E-state index in [1.165, 1.54) is 7.05 Å². The van der Waals surface area contributed by atoms with E-state index in [1.54, 1.807) is 11.0 Å². The maximum absolute atomic E-state index is 13.8. The van der Waals surface area contributed by atoms with Gasteiger partial charge in [-0.2, -0.15) is 0 Å². The summed E-state index contributed by atoms with van der Waals surface area (Å²) in [4.78, 5) is 45.4. The molecule has 0 saturated heterocycles. The van der Waals surface area contributed by atoms with Crippen LogP contribution in [0.4, 0.5) is 5.69 Å². The lowest BCUT2D eigenvalue weighted by Crippen LogP contribution is -2.31. The first-order chi connectivity index (χ1) is 20.4. The van der Waals surface area contributed by atoms with E-state index < -0.39 is 11.9 Å². The molecule has 0 atom stereocenters. The molecule has 0 spiro atoms. The monoisotopic (exact) mass is 675 g/mol. The summed E-state index contributed by atoms with van der Waals surface area (Å²) in [5, 5.41) is 20.3. The summed E-state index contributed by atoms with van der Waals surface area (Å²) in [7, 11) is 1.51. The van der Waals surface area contributed by atoms with Crippen LogP contribution in [0, 0.1) is 5.41 Å². The van der Waals surface area contributed by atoms with Gasteiger partial charge in [0.25, 0.3) is 5.91 Å². The molecule has 1 aromatic heterocycles. The van der Waals surface area contributed by atoms with Crippen molar-refractivity contribution in [2.45, 2.75) is 72.8 Å². The van der Waals surface area contributed by atoms with Gasteiger partial charge >= 0.3 is 5.97 Å². The SMILES string of the molecule is Br.CCOc1cc2c(nc1C(=O)NC)C(=N)N(CC(=O)c1cc(N(CC)CC)c(OCCCCC(=O)O)c(C(C)(C)C)c1)C2. The Labute approximate surface area is 270 Å². The predicted octanol–water partition coefficient (Wildman–Crippen LogP) is 5.22. The molecule has 0 aliphatic carbocycles. The first kappa shape index (κ1) is 36.5. The molecular weight excluding hydrogens is 630 g/mol. The van der Waals surface area contributed by atoms with Gasteiger partial charge in [0.2, 0.25) is 0 Å². The lowest BCUT2D eigenvalue weighted by Gasteiger charge is -2.31. The van der Waals surface area contributed by atoms with E-state index >= 15 is 0 Å². The Morgan fingerprint density at radius 2 is 1.77 bits per heavy atom. The zero-order valence-electron chi connectivity index (χ0n) is 26.8. The third-order valence-electron chi connectivity index (χ3n) is 7.38. The number of carboxylic acid groups (broad SMARTS) is 1. The number of aliphatic carboxylic acids is 1. The Kier molecular flexibility index (Phi) is 13.2. The number of carbonyl (C=O) groups is 3. The highest BCUT2D eigenvalue weighted by molar-refractivity contribution is 8.93. The molecule has 0 saturated carbocycles. The Bertz CT molecular complexity index is 1370. The number of unbranched alkanes of at least 4 members (excludes halogenated alkanes) is 1. The topological polar surface area (TPSA) is 145 Å². The fourth-order valence-corrected chi connectivity index (χ4v) is 5.07. The quantitative estimate of drug-likeness (QED) is 0.171. The van der Waals surface area contributed by atoms with E-state index in [0.717, 1.165) is 16.8 Å². The summed E-state index contributed by atoms with van der Waals surface area (Å²) >= 11 is 0. The van der Waals surface area contributed by atoms with Crippen LogP contribution in [0.5, 0.6) is 11.5 Å². The van der Waals surface area contributed by atoms with Gasteiger partial charge in [0.1, 0.15) is 17.3 Å².